The van der Waals surface area contributed by atoms with Crippen molar-refractivity contribution in [3.8, 4) is 0 Å². The molecule has 0 radical (unpaired) electrons. The van der Waals surface area contributed by atoms with Gasteiger partial charge in [-0.2, -0.15) is 18.3 Å². The van der Waals surface area contributed by atoms with Gasteiger partial charge in [0.2, 0.25) is 5.91 Å². The van der Waals surface area contributed by atoms with Crippen molar-refractivity contribution in [2.24, 2.45) is 5.41 Å². The summed E-state index contributed by atoms with van der Waals surface area (Å²) in [6.45, 7) is 0.815. The maximum atomic E-state index is 13.2. The SMILES string of the molecule is O=C1N(c2ccc(C(F)(F)F)cn2)CCC12CCN(c1cnc3cnn(CC(F)F)c3n1)CC2. The molecule has 3 aromatic heterocycles. The molecular weight excluding hydrogens is 461 g/mol. The molecule has 0 unspecified atom stereocenters. The van der Waals surface area contributed by atoms with Gasteiger partial charge in [0.15, 0.2) is 5.65 Å². The Balaban J connectivity index is 1.29. The van der Waals surface area contributed by atoms with Crippen molar-refractivity contribution >= 4 is 28.7 Å². The molecule has 0 atom stereocenters. The second kappa shape index (κ2) is 8.13. The van der Waals surface area contributed by atoms with Crippen LogP contribution in [0.25, 0.3) is 11.2 Å². The predicted molar refractivity (Wildman–Crippen MR) is 111 cm³/mol. The number of hydrogen-bond acceptors (Lipinski definition) is 6. The molecule has 5 heterocycles. The minimum absolute atomic E-state index is 0.143. The summed E-state index contributed by atoms with van der Waals surface area (Å²) >= 11 is 0. The van der Waals surface area contributed by atoms with Gasteiger partial charge < -0.3 is 4.90 Å². The molecule has 1 spiro atoms. The molecule has 2 fully saturated rings. The van der Waals surface area contributed by atoms with Crippen molar-refractivity contribution in [3.63, 3.8) is 0 Å². The summed E-state index contributed by atoms with van der Waals surface area (Å²) in [5, 5.41) is 3.92. The molecule has 0 N–H and O–H groups in total. The number of rotatable bonds is 4. The smallest absolute Gasteiger partial charge is 0.355 e. The second-order valence-electron chi connectivity index (χ2n) is 8.53. The average Bonchev–Trinajstić information content (AvgIpc) is 3.34. The minimum Gasteiger partial charge on any atom is -0.355 e. The Morgan fingerprint density at radius 2 is 1.71 bits per heavy atom. The van der Waals surface area contributed by atoms with Gasteiger partial charge in [-0.25, -0.2) is 28.4 Å². The van der Waals surface area contributed by atoms with Crippen LogP contribution in [-0.2, 0) is 17.5 Å². The summed E-state index contributed by atoms with van der Waals surface area (Å²) in [6.07, 6.45) is -1.74. The van der Waals surface area contributed by atoms with E-state index in [1.54, 1.807) is 6.20 Å². The zero-order valence-electron chi connectivity index (χ0n) is 17.8. The Kier molecular flexibility index (Phi) is 5.36. The van der Waals surface area contributed by atoms with E-state index in [4.69, 9.17) is 0 Å². The van der Waals surface area contributed by atoms with Crippen LogP contribution in [0, 0.1) is 5.41 Å². The fourth-order valence-corrected chi connectivity index (χ4v) is 4.64. The lowest BCUT2D eigenvalue weighted by Crippen LogP contribution is -2.45. The summed E-state index contributed by atoms with van der Waals surface area (Å²) < 4.78 is 65.2. The molecule has 13 heteroatoms. The minimum atomic E-state index is -4.49. The van der Waals surface area contributed by atoms with Crippen molar-refractivity contribution in [2.75, 3.05) is 29.4 Å². The zero-order valence-corrected chi connectivity index (χ0v) is 17.8. The number of alkyl halides is 5. The number of anilines is 2. The Morgan fingerprint density at radius 1 is 0.971 bits per heavy atom. The van der Waals surface area contributed by atoms with E-state index >= 15 is 0 Å². The summed E-state index contributed by atoms with van der Waals surface area (Å²) in [6, 6.07) is 2.15. The molecule has 2 saturated heterocycles. The monoisotopic (exact) mass is 481 g/mol. The van der Waals surface area contributed by atoms with Crippen LogP contribution in [-0.4, -0.2) is 56.7 Å². The first-order valence-corrected chi connectivity index (χ1v) is 10.7. The maximum Gasteiger partial charge on any atom is 0.417 e. The third-order valence-electron chi connectivity index (χ3n) is 6.55. The van der Waals surface area contributed by atoms with Crippen LogP contribution < -0.4 is 9.80 Å². The molecule has 8 nitrogen and oxygen atoms in total. The van der Waals surface area contributed by atoms with Gasteiger partial charge in [-0.05, 0) is 31.4 Å². The van der Waals surface area contributed by atoms with Crippen molar-refractivity contribution in [1.29, 1.82) is 0 Å². The van der Waals surface area contributed by atoms with Crippen molar-refractivity contribution in [3.05, 3.63) is 36.3 Å². The highest BCUT2D eigenvalue weighted by molar-refractivity contribution is 5.99. The number of aromatic nitrogens is 5. The number of halogens is 5. The van der Waals surface area contributed by atoms with Crippen LogP contribution in [0.2, 0.25) is 0 Å². The van der Waals surface area contributed by atoms with Gasteiger partial charge in [0.05, 0.1) is 23.4 Å². The number of piperidine rings is 1. The molecule has 0 bridgehead atoms. The number of pyridine rings is 1. The number of nitrogens with zero attached hydrogens (tertiary/aromatic N) is 7. The average molecular weight is 481 g/mol. The normalized spacial score (nSPS) is 18.6. The fraction of sp³-hybridized carbons (Fsp3) is 0.476. The lowest BCUT2D eigenvalue weighted by atomic mass is 9.77. The molecule has 1 amide bonds. The first-order chi connectivity index (χ1) is 16.2. The van der Waals surface area contributed by atoms with Crippen molar-refractivity contribution in [1.82, 2.24) is 24.7 Å². The number of amides is 1. The molecule has 0 aliphatic carbocycles. The quantitative estimate of drug-likeness (QED) is 0.531. The predicted octanol–water partition coefficient (Wildman–Crippen LogP) is 3.53. The van der Waals surface area contributed by atoms with Gasteiger partial charge in [0, 0.05) is 25.8 Å². The fourth-order valence-electron chi connectivity index (χ4n) is 4.64. The van der Waals surface area contributed by atoms with Gasteiger partial charge in [-0.1, -0.05) is 0 Å². The van der Waals surface area contributed by atoms with Crippen molar-refractivity contribution in [2.45, 2.75) is 38.4 Å². The van der Waals surface area contributed by atoms with E-state index in [0.29, 0.717) is 50.2 Å². The van der Waals surface area contributed by atoms with Crippen molar-refractivity contribution < 1.29 is 26.7 Å². The highest BCUT2D eigenvalue weighted by Crippen LogP contribution is 2.43. The number of carbonyl (C=O) groups is 1. The van der Waals surface area contributed by atoms with Gasteiger partial charge >= 0.3 is 6.18 Å². The van der Waals surface area contributed by atoms with Crippen LogP contribution >= 0.6 is 0 Å². The van der Waals surface area contributed by atoms with Gasteiger partial charge in [-0.3, -0.25) is 9.69 Å². The molecule has 3 aromatic rings. The van der Waals surface area contributed by atoms with E-state index in [1.165, 1.54) is 17.2 Å². The van der Waals surface area contributed by atoms with Crippen LogP contribution in [0.3, 0.4) is 0 Å². The van der Waals surface area contributed by atoms with E-state index in [0.717, 1.165) is 16.9 Å². The van der Waals surface area contributed by atoms with E-state index < -0.39 is 30.1 Å². The Bertz CT molecular complexity index is 1200. The Labute approximate surface area is 190 Å². The topological polar surface area (TPSA) is 80.0 Å². The molecule has 180 valence electrons. The molecule has 0 saturated carbocycles. The summed E-state index contributed by atoms with van der Waals surface area (Å²) in [5.74, 6) is 0.585. The van der Waals surface area contributed by atoms with E-state index in [9.17, 15) is 26.7 Å². The third kappa shape index (κ3) is 3.92. The van der Waals surface area contributed by atoms with E-state index in [-0.39, 0.29) is 17.4 Å². The third-order valence-corrected chi connectivity index (χ3v) is 6.55. The highest BCUT2D eigenvalue weighted by atomic mass is 19.4. The van der Waals surface area contributed by atoms with Gasteiger partial charge in [0.25, 0.3) is 6.43 Å². The molecule has 5 rings (SSSR count). The molecule has 2 aliphatic rings. The summed E-state index contributed by atoms with van der Waals surface area (Å²) in [4.78, 5) is 29.2. The first-order valence-electron chi connectivity index (χ1n) is 10.7. The van der Waals surface area contributed by atoms with Gasteiger partial charge in [-0.15, -0.1) is 0 Å². The Morgan fingerprint density at radius 3 is 2.35 bits per heavy atom. The summed E-state index contributed by atoms with van der Waals surface area (Å²) in [5.41, 5.74) is -0.785. The molecule has 34 heavy (non-hydrogen) atoms. The second-order valence-corrected chi connectivity index (χ2v) is 8.53. The maximum absolute atomic E-state index is 13.2. The van der Waals surface area contributed by atoms with E-state index in [2.05, 4.69) is 20.1 Å². The highest BCUT2D eigenvalue weighted by Gasteiger charge is 2.49. The van der Waals surface area contributed by atoms with Crippen LogP contribution in [0.5, 0.6) is 0 Å². The largest absolute Gasteiger partial charge is 0.417 e. The van der Waals surface area contributed by atoms with Gasteiger partial charge in [0.1, 0.15) is 23.7 Å². The number of hydrogen-bond donors (Lipinski definition) is 0. The van der Waals surface area contributed by atoms with E-state index in [1.807, 2.05) is 4.90 Å². The van der Waals surface area contributed by atoms with Crippen LogP contribution in [0.4, 0.5) is 33.6 Å². The zero-order chi connectivity index (χ0) is 24.1. The van der Waals surface area contributed by atoms with Crippen LogP contribution in [0.1, 0.15) is 24.8 Å². The number of carbonyl (C=O) groups excluding carboxylic acids is 1. The Hall–Kier alpha value is -3.38. The summed E-state index contributed by atoms with van der Waals surface area (Å²) in [7, 11) is 0. The lowest BCUT2D eigenvalue weighted by Gasteiger charge is -2.38. The van der Waals surface area contributed by atoms with Crippen LogP contribution in [0.15, 0.2) is 30.7 Å². The lowest BCUT2D eigenvalue weighted by molar-refractivity contribution is -0.137. The first kappa shape index (κ1) is 22.4. The molecule has 0 aromatic carbocycles. The molecule has 2 aliphatic heterocycles. The standard InChI is InChI=1S/C21H20F5N7O/c22-15(23)12-33-18-14(10-29-33)27-11-17(30-18)31-6-3-20(4-7-31)5-8-32(19(20)34)16-2-1-13(9-28-16)21(24,25)26/h1-2,9-11,15H,3-8,12H2. The number of fused-ring (bicyclic) bond motifs is 1. The molecular formula is C21H20F5N7O.